The van der Waals surface area contributed by atoms with Gasteiger partial charge in [-0.3, -0.25) is 9.59 Å². The lowest BCUT2D eigenvalue weighted by molar-refractivity contribution is -0.118. The largest absolute Gasteiger partial charge is 0.306 e. The topological polar surface area (TPSA) is 37.4 Å². The number of carbonyl (C=O) groups excluding carboxylic acids is 2. The Balaban J connectivity index is 1.75. The highest BCUT2D eigenvalue weighted by Crippen LogP contribution is 2.40. The van der Waals surface area contributed by atoms with E-state index in [1.807, 2.05) is 42.2 Å². The third-order valence-electron chi connectivity index (χ3n) is 4.73. The molecule has 26 heavy (non-hydrogen) atoms. The van der Waals surface area contributed by atoms with Gasteiger partial charge in [0.1, 0.15) is 0 Å². The van der Waals surface area contributed by atoms with Gasteiger partial charge in [0.25, 0.3) is 0 Å². The molecule has 1 aliphatic heterocycles. The lowest BCUT2D eigenvalue weighted by Gasteiger charge is -2.32. The van der Waals surface area contributed by atoms with E-state index in [9.17, 15) is 9.59 Å². The van der Waals surface area contributed by atoms with Crippen LogP contribution >= 0.6 is 11.8 Å². The molecule has 1 amide bonds. The molecule has 1 unspecified atom stereocenters. The molecule has 0 aliphatic carbocycles. The maximum Gasteiger partial charge on any atom is 0.240 e. The minimum absolute atomic E-state index is 0.00882. The second kappa shape index (κ2) is 6.61. The van der Waals surface area contributed by atoms with Crippen molar-refractivity contribution in [2.75, 3.05) is 4.90 Å². The quantitative estimate of drug-likeness (QED) is 0.611. The van der Waals surface area contributed by atoms with Crippen molar-refractivity contribution in [2.24, 2.45) is 0 Å². The maximum absolute atomic E-state index is 12.9. The van der Waals surface area contributed by atoms with E-state index >= 15 is 0 Å². The summed E-state index contributed by atoms with van der Waals surface area (Å²) < 4.78 is 0. The van der Waals surface area contributed by atoms with Crippen LogP contribution in [-0.2, 0) is 11.3 Å². The van der Waals surface area contributed by atoms with E-state index in [-0.39, 0.29) is 16.9 Å². The van der Waals surface area contributed by atoms with E-state index in [0.29, 0.717) is 12.1 Å². The number of hydrogen-bond donors (Lipinski definition) is 0. The van der Waals surface area contributed by atoms with Gasteiger partial charge in [-0.2, -0.15) is 0 Å². The van der Waals surface area contributed by atoms with Crippen molar-refractivity contribution in [3.8, 4) is 0 Å². The molecule has 1 atom stereocenters. The van der Waals surface area contributed by atoms with Crippen LogP contribution in [0.2, 0.25) is 0 Å². The van der Waals surface area contributed by atoms with Crippen molar-refractivity contribution < 1.29 is 9.59 Å². The van der Waals surface area contributed by atoms with Gasteiger partial charge >= 0.3 is 0 Å². The fourth-order valence-electron chi connectivity index (χ4n) is 3.31. The zero-order valence-corrected chi connectivity index (χ0v) is 15.5. The lowest BCUT2D eigenvalue weighted by Crippen LogP contribution is -2.39. The Morgan fingerprint density at radius 2 is 1.81 bits per heavy atom. The van der Waals surface area contributed by atoms with Crippen molar-refractivity contribution in [3.05, 3.63) is 71.8 Å². The number of nitrogens with zero attached hydrogens (tertiary/aromatic N) is 1. The number of benzene rings is 3. The molecule has 0 spiro atoms. The first-order chi connectivity index (χ1) is 12.5. The Kier molecular flexibility index (Phi) is 4.29. The standard InChI is InChI=1S/C22H19NO2S/c1-14(24)18-9-10-21-20(12-18)23(22(25)15(2)26-21)13-16-7-8-17-5-3-4-6-19(17)11-16/h3-12,15H,13H2,1-2H3. The summed E-state index contributed by atoms with van der Waals surface area (Å²) in [6.07, 6.45) is 0. The van der Waals surface area contributed by atoms with Crippen molar-refractivity contribution in [2.45, 2.75) is 30.5 Å². The number of fused-ring (bicyclic) bond motifs is 2. The smallest absolute Gasteiger partial charge is 0.240 e. The summed E-state index contributed by atoms with van der Waals surface area (Å²) in [6, 6.07) is 20.1. The summed E-state index contributed by atoms with van der Waals surface area (Å²) in [7, 11) is 0. The summed E-state index contributed by atoms with van der Waals surface area (Å²) in [4.78, 5) is 27.5. The van der Waals surface area contributed by atoms with Crippen LogP contribution in [0.15, 0.2) is 65.6 Å². The molecule has 0 N–H and O–H groups in total. The number of hydrogen-bond acceptors (Lipinski definition) is 3. The van der Waals surface area contributed by atoms with E-state index in [2.05, 4.69) is 30.3 Å². The summed E-state index contributed by atoms with van der Waals surface area (Å²) in [5.74, 6) is 0.0888. The summed E-state index contributed by atoms with van der Waals surface area (Å²) in [5, 5.41) is 2.21. The van der Waals surface area contributed by atoms with Crippen molar-refractivity contribution in [1.82, 2.24) is 0 Å². The molecule has 1 aliphatic rings. The highest BCUT2D eigenvalue weighted by atomic mass is 32.2. The highest BCUT2D eigenvalue weighted by molar-refractivity contribution is 8.00. The van der Waals surface area contributed by atoms with Gasteiger partial charge in [-0.1, -0.05) is 42.5 Å². The first-order valence-electron chi connectivity index (χ1n) is 8.63. The number of amides is 1. The van der Waals surface area contributed by atoms with Gasteiger partial charge in [-0.05, 0) is 48.4 Å². The van der Waals surface area contributed by atoms with Crippen molar-refractivity contribution in [1.29, 1.82) is 0 Å². The van der Waals surface area contributed by atoms with E-state index in [1.54, 1.807) is 18.7 Å². The van der Waals surface area contributed by atoms with Crippen LogP contribution in [0.3, 0.4) is 0 Å². The van der Waals surface area contributed by atoms with E-state index in [4.69, 9.17) is 0 Å². The molecule has 0 bridgehead atoms. The monoisotopic (exact) mass is 361 g/mol. The van der Waals surface area contributed by atoms with Crippen LogP contribution in [0.5, 0.6) is 0 Å². The Bertz CT molecular complexity index is 1030. The van der Waals surface area contributed by atoms with Crippen LogP contribution < -0.4 is 4.90 Å². The summed E-state index contributed by atoms with van der Waals surface area (Å²) in [5.41, 5.74) is 2.55. The number of rotatable bonds is 3. The molecule has 4 heteroatoms. The molecule has 3 aromatic carbocycles. The molecule has 0 saturated heterocycles. The zero-order valence-electron chi connectivity index (χ0n) is 14.7. The predicted molar refractivity (Wildman–Crippen MR) is 107 cm³/mol. The number of anilines is 1. The fraction of sp³-hybridized carbons (Fsp3) is 0.182. The number of Topliss-reactive ketones (excluding diaryl/α,β-unsaturated/α-hetero) is 1. The van der Waals surface area contributed by atoms with Crippen LogP contribution in [0.4, 0.5) is 5.69 Å². The van der Waals surface area contributed by atoms with E-state index < -0.39 is 0 Å². The molecular weight excluding hydrogens is 342 g/mol. The van der Waals surface area contributed by atoms with Gasteiger partial charge in [-0.25, -0.2) is 0 Å². The fourth-order valence-corrected chi connectivity index (χ4v) is 4.35. The average molecular weight is 361 g/mol. The molecule has 3 aromatic rings. The minimum atomic E-state index is -0.133. The Morgan fingerprint density at radius 1 is 1.04 bits per heavy atom. The van der Waals surface area contributed by atoms with Gasteiger partial charge in [0.05, 0.1) is 17.5 Å². The van der Waals surface area contributed by atoms with Crippen LogP contribution in [-0.4, -0.2) is 16.9 Å². The van der Waals surface area contributed by atoms with Crippen LogP contribution in [0.25, 0.3) is 10.8 Å². The van der Waals surface area contributed by atoms with Crippen LogP contribution in [0, 0.1) is 0 Å². The second-order valence-corrected chi connectivity index (χ2v) is 7.99. The van der Waals surface area contributed by atoms with Gasteiger partial charge in [-0.15, -0.1) is 11.8 Å². The molecule has 0 saturated carbocycles. The highest BCUT2D eigenvalue weighted by Gasteiger charge is 2.31. The first-order valence-corrected chi connectivity index (χ1v) is 9.51. The molecule has 0 aromatic heterocycles. The van der Waals surface area contributed by atoms with Crippen molar-refractivity contribution in [3.63, 3.8) is 0 Å². The van der Waals surface area contributed by atoms with Gasteiger partial charge in [0.15, 0.2) is 5.78 Å². The molecule has 130 valence electrons. The van der Waals surface area contributed by atoms with Gasteiger partial charge in [0.2, 0.25) is 5.91 Å². The van der Waals surface area contributed by atoms with Gasteiger partial charge < -0.3 is 4.90 Å². The Hall–Kier alpha value is -2.59. The number of thioether (sulfide) groups is 1. The normalized spacial score (nSPS) is 16.6. The van der Waals surface area contributed by atoms with E-state index in [0.717, 1.165) is 21.5 Å². The molecule has 3 nitrogen and oxygen atoms in total. The predicted octanol–water partition coefficient (Wildman–Crippen LogP) is 5.07. The van der Waals surface area contributed by atoms with Crippen molar-refractivity contribution >= 4 is 39.9 Å². The summed E-state index contributed by atoms with van der Waals surface area (Å²) in [6.45, 7) is 3.99. The SMILES string of the molecule is CC(=O)c1ccc2c(c1)N(Cc1ccc3ccccc3c1)C(=O)C(C)S2. The van der Waals surface area contributed by atoms with E-state index in [1.165, 1.54) is 5.39 Å². The average Bonchev–Trinajstić information content (AvgIpc) is 2.65. The van der Waals surface area contributed by atoms with Crippen LogP contribution in [0.1, 0.15) is 29.8 Å². The lowest BCUT2D eigenvalue weighted by atomic mass is 10.1. The number of ketones is 1. The molecule has 1 heterocycles. The second-order valence-electron chi connectivity index (χ2n) is 6.60. The first kappa shape index (κ1) is 16.9. The minimum Gasteiger partial charge on any atom is -0.306 e. The number of carbonyl (C=O) groups is 2. The zero-order chi connectivity index (χ0) is 18.3. The summed E-state index contributed by atoms with van der Waals surface area (Å²) >= 11 is 1.55. The molecule has 4 rings (SSSR count). The third kappa shape index (κ3) is 3.01. The molecule has 0 radical (unpaired) electrons. The molecule has 0 fully saturated rings. The van der Waals surface area contributed by atoms with Gasteiger partial charge in [0, 0.05) is 10.5 Å². The Labute approximate surface area is 157 Å². The molecular formula is C22H19NO2S. The Morgan fingerprint density at radius 3 is 2.58 bits per heavy atom. The third-order valence-corrected chi connectivity index (χ3v) is 5.88. The maximum atomic E-state index is 12.9.